The lowest BCUT2D eigenvalue weighted by molar-refractivity contribution is 1.54. The third-order valence-electron chi connectivity index (χ3n) is 2.64. The highest BCUT2D eigenvalue weighted by atomic mass is 32.1. The normalized spacial score (nSPS) is 12.2. The predicted molar refractivity (Wildman–Crippen MR) is 81.0 cm³/mol. The van der Waals surface area contributed by atoms with Crippen LogP contribution in [0.4, 0.5) is 5.69 Å². The van der Waals surface area contributed by atoms with Crippen LogP contribution in [0.5, 0.6) is 0 Å². The Kier molecular flexibility index (Phi) is 3.59. The van der Waals surface area contributed by atoms with E-state index >= 15 is 0 Å². The zero-order chi connectivity index (χ0) is 12.3. The standard InChI is InChI=1S/C14H17NSSi/c1-17(2,3)14-6-4-13(5-7-14)15-10-12-8-9-16-11-12/h4-11H,1-3H3. The van der Waals surface area contributed by atoms with E-state index in [1.54, 1.807) is 11.3 Å². The van der Waals surface area contributed by atoms with E-state index in [2.05, 4.69) is 65.7 Å². The van der Waals surface area contributed by atoms with Gasteiger partial charge < -0.3 is 0 Å². The maximum atomic E-state index is 4.47. The molecule has 0 aliphatic rings. The Bertz CT molecular complexity index is 492. The molecule has 0 saturated carbocycles. The molecule has 1 heterocycles. The Labute approximate surface area is 108 Å². The molecule has 0 aliphatic carbocycles. The Hall–Kier alpha value is -1.19. The number of benzene rings is 1. The van der Waals surface area contributed by atoms with Gasteiger partial charge in [-0.2, -0.15) is 11.3 Å². The van der Waals surface area contributed by atoms with E-state index < -0.39 is 8.07 Å². The van der Waals surface area contributed by atoms with Crippen LogP contribution in [-0.2, 0) is 0 Å². The summed E-state index contributed by atoms with van der Waals surface area (Å²) in [6.07, 6.45) is 1.92. The van der Waals surface area contributed by atoms with Crippen LogP contribution in [0.2, 0.25) is 19.6 Å². The fraction of sp³-hybridized carbons (Fsp3) is 0.214. The summed E-state index contributed by atoms with van der Waals surface area (Å²) in [5, 5.41) is 5.64. The topological polar surface area (TPSA) is 12.4 Å². The molecule has 0 unspecified atom stereocenters. The summed E-state index contributed by atoms with van der Waals surface area (Å²) in [7, 11) is -1.18. The molecule has 2 aromatic rings. The maximum absolute atomic E-state index is 4.47. The highest BCUT2D eigenvalue weighted by molar-refractivity contribution is 7.08. The molecule has 0 spiro atoms. The molecule has 0 bridgehead atoms. The first-order valence-electron chi connectivity index (χ1n) is 5.72. The lowest BCUT2D eigenvalue weighted by atomic mass is 10.3. The van der Waals surface area contributed by atoms with Crippen molar-refractivity contribution in [2.75, 3.05) is 0 Å². The first-order valence-corrected chi connectivity index (χ1v) is 10.2. The number of rotatable bonds is 3. The van der Waals surface area contributed by atoms with Crippen LogP contribution in [0.3, 0.4) is 0 Å². The fourth-order valence-corrected chi connectivity index (χ4v) is 3.32. The van der Waals surface area contributed by atoms with Crippen molar-refractivity contribution in [3.8, 4) is 0 Å². The molecule has 0 radical (unpaired) electrons. The van der Waals surface area contributed by atoms with Crippen LogP contribution < -0.4 is 5.19 Å². The molecule has 0 N–H and O–H groups in total. The van der Waals surface area contributed by atoms with E-state index in [4.69, 9.17) is 0 Å². The van der Waals surface area contributed by atoms with Gasteiger partial charge in [0.1, 0.15) is 0 Å². The zero-order valence-corrected chi connectivity index (χ0v) is 12.3. The van der Waals surface area contributed by atoms with Gasteiger partial charge in [0.15, 0.2) is 0 Å². The van der Waals surface area contributed by atoms with Gasteiger partial charge in [-0.15, -0.1) is 0 Å². The van der Waals surface area contributed by atoms with Gasteiger partial charge in [0, 0.05) is 11.8 Å². The monoisotopic (exact) mass is 259 g/mol. The molecule has 17 heavy (non-hydrogen) atoms. The van der Waals surface area contributed by atoms with Crippen molar-refractivity contribution in [1.82, 2.24) is 0 Å². The molecule has 0 fully saturated rings. The SMILES string of the molecule is C[Si](C)(C)c1ccc(N=Cc2ccsc2)cc1. The van der Waals surface area contributed by atoms with Gasteiger partial charge in [-0.1, -0.05) is 37.0 Å². The highest BCUT2D eigenvalue weighted by Gasteiger charge is 2.15. The number of hydrogen-bond acceptors (Lipinski definition) is 2. The smallest absolute Gasteiger partial charge is 0.0775 e. The zero-order valence-electron chi connectivity index (χ0n) is 10.5. The summed E-state index contributed by atoms with van der Waals surface area (Å²) in [4.78, 5) is 4.47. The number of aliphatic imine (C=N–C) groups is 1. The van der Waals surface area contributed by atoms with Crippen molar-refractivity contribution in [1.29, 1.82) is 0 Å². The van der Waals surface area contributed by atoms with E-state index in [0.717, 1.165) is 5.69 Å². The molecule has 88 valence electrons. The molecule has 2 rings (SSSR count). The predicted octanol–water partition coefficient (Wildman–Crippen LogP) is 4.04. The second-order valence-electron chi connectivity index (χ2n) is 5.11. The average molecular weight is 259 g/mol. The Morgan fingerprint density at radius 1 is 1.06 bits per heavy atom. The molecular formula is C14H17NSSi. The van der Waals surface area contributed by atoms with Crippen LogP contribution in [0.1, 0.15) is 5.56 Å². The van der Waals surface area contributed by atoms with Crippen LogP contribution in [0.25, 0.3) is 0 Å². The Balaban J connectivity index is 2.14. The van der Waals surface area contributed by atoms with Crippen LogP contribution >= 0.6 is 11.3 Å². The first-order chi connectivity index (χ1) is 8.05. The second-order valence-corrected chi connectivity index (χ2v) is 11.0. The first kappa shape index (κ1) is 12.3. The van der Waals surface area contributed by atoms with Gasteiger partial charge in [0.25, 0.3) is 0 Å². The second kappa shape index (κ2) is 4.98. The van der Waals surface area contributed by atoms with Gasteiger partial charge in [0.05, 0.1) is 13.8 Å². The Morgan fingerprint density at radius 2 is 1.76 bits per heavy atom. The summed E-state index contributed by atoms with van der Waals surface area (Å²) in [6.45, 7) is 7.07. The summed E-state index contributed by atoms with van der Waals surface area (Å²) >= 11 is 1.69. The Morgan fingerprint density at radius 3 is 2.29 bits per heavy atom. The minimum absolute atomic E-state index is 1.03. The van der Waals surface area contributed by atoms with Gasteiger partial charge in [-0.25, -0.2) is 0 Å². The summed E-state index contributed by atoms with van der Waals surface area (Å²) in [6, 6.07) is 10.7. The summed E-state index contributed by atoms with van der Waals surface area (Å²) < 4.78 is 0. The van der Waals surface area contributed by atoms with E-state index in [1.165, 1.54) is 10.8 Å². The lowest BCUT2D eigenvalue weighted by Gasteiger charge is -2.16. The van der Waals surface area contributed by atoms with E-state index in [1.807, 2.05) is 6.21 Å². The van der Waals surface area contributed by atoms with Crippen molar-refractivity contribution in [2.24, 2.45) is 4.99 Å². The van der Waals surface area contributed by atoms with Crippen LogP contribution in [-0.4, -0.2) is 14.3 Å². The molecule has 0 saturated heterocycles. The van der Waals surface area contributed by atoms with E-state index in [9.17, 15) is 0 Å². The van der Waals surface area contributed by atoms with E-state index in [-0.39, 0.29) is 0 Å². The third-order valence-corrected chi connectivity index (χ3v) is 5.41. The molecular weight excluding hydrogens is 242 g/mol. The van der Waals surface area contributed by atoms with Crippen molar-refractivity contribution in [3.63, 3.8) is 0 Å². The van der Waals surface area contributed by atoms with Crippen molar-refractivity contribution in [3.05, 3.63) is 46.7 Å². The van der Waals surface area contributed by atoms with E-state index in [0.29, 0.717) is 0 Å². The molecule has 3 heteroatoms. The number of hydrogen-bond donors (Lipinski definition) is 0. The molecule has 1 aromatic heterocycles. The summed E-state index contributed by atoms with van der Waals surface area (Å²) in [5.74, 6) is 0. The number of nitrogens with zero attached hydrogens (tertiary/aromatic N) is 1. The van der Waals surface area contributed by atoms with Crippen molar-refractivity contribution >= 4 is 36.5 Å². The fourth-order valence-electron chi connectivity index (χ4n) is 1.55. The van der Waals surface area contributed by atoms with Gasteiger partial charge in [-0.05, 0) is 29.0 Å². The number of thiophene rings is 1. The van der Waals surface area contributed by atoms with Crippen molar-refractivity contribution < 1.29 is 0 Å². The van der Waals surface area contributed by atoms with Crippen LogP contribution in [0.15, 0.2) is 46.1 Å². The maximum Gasteiger partial charge on any atom is 0.0775 e. The molecule has 0 aliphatic heterocycles. The van der Waals surface area contributed by atoms with Crippen LogP contribution in [0, 0.1) is 0 Å². The van der Waals surface area contributed by atoms with Gasteiger partial charge in [-0.3, -0.25) is 4.99 Å². The van der Waals surface area contributed by atoms with Gasteiger partial charge >= 0.3 is 0 Å². The quantitative estimate of drug-likeness (QED) is 0.582. The minimum atomic E-state index is -1.18. The highest BCUT2D eigenvalue weighted by Crippen LogP contribution is 2.12. The summed E-state index contributed by atoms with van der Waals surface area (Å²) in [5.41, 5.74) is 2.20. The average Bonchev–Trinajstić information content (AvgIpc) is 2.78. The van der Waals surface area contributed by atoms with Gasteiger partial charge in [0.2, 0.25) is 0 Å². The molecule has 0 amide bonds. The molecule has 1 nitrogen and oxygen atoms in total. The molecule has 0 atom stereocenters. The largest absolute Gasteiger partial charge is 0.256 e. The minimum Gasteiger partial charge on any atom is -0.256 e. The lowest BCUT2D eigenvalue weighted by Crippen LogP contribution is -2.37. The van der Waals surface area contributed by atoms with Crippen molar-refractivity contribution in [2.45, 2.75) is 19.6 Å². The third kappa shape index (κ3) is 3.38. The molecule has 1 aromatic carbocycles.